The summed E-state index contributed by atoms with van der Waals surface area (Å²) in [4.78, 5) is 14.8. The Morgan fingerprint density at radius 3 is 2.70 bits per heavy atom. The molecule has 1 saturated heterocycles. The second kappa shape index (κ2) is 8.17. The Balaban J connectivity index is 0.00000192. The van der Waals surface area contributed by atoms with E-state index in [0.717, 1.165) is 18.4 Å². The lowest BCUT2D eigenvalue weighted by Gasteiger charge is -2.39. The lowest BCUT2D eigenvalue weighted by molar-refractivity contribution is -0.124. The Kier molecular flexibility index (Phi) is 6.76. The van der Waals surface area contributed by atoms with Gasteiger partial charge in [0, 0.05) is 18.6 Å². The van der Waals surface area contributed by atoms with Gasteiger partial charge in [-0.1, -0.05) is 13.3 Å². The van der Waals surface area contributed by atoms with E-state index in [-0.39, 0.29) is 18.3 Å². The molecule has 2 saturated carbocycles. The molecule has 3 fully saturated rings. The van der Waals surface area contributed by atoms with E-state index in [9.17, 15) is 4.79 Å². The summed E-state index contributed by atoms with van der Waals surface area (Å²) in [7, 11) is 0. The molecule has 2 aliphatic carbocycles. The van der Waals surface area contributed by atoms with Gasteiger partial charge in [0.1, 0.15) is 0 Å². The summed E-state index contributed by atoms with van der Waals surface area (Å²) in [6, 6.07) is 0.707. The number of carbonyl (C=O) groups excluding carboxylic acids is 1. The smallest absolute Gasteiger partial charge is 0.234 e. The minimum absolute atomic E-state index is 0. The van der Waals surface area contributed by atoms with Crippen molar-refractivity contribution in [3.8, 4) is 0 Å². The summed E-state index contributed by atoms with van der Waals surface area (Å²) in [6.45, 7) is 6.68. The van der Waals surface area contributed by atoms with Crippen LogP contribution in [0.15, 0.2) is 0 Å². The highest BCUT2D eigenvalue weighted by atomic mass is 35.5. The summed E-state index contributed by atoms with van der Waals surface area (Å²) in [5.41, 5.74) is 5.93. The molecule has 3 aliphatic rings. The summed E-state index contributed by atoms with van der Waals surface area (Å²) >= 11 is 0. The Bertz CT molecular complexity index is 406. The van der Waals surface area contributed by atoms with Crippen molar-refractivity contribution in [2.45, 2.75) is 64.5 Å². The van der Waals surface area contributed by atoms with E-state index in [1.54, 1.807) is 0 Å². The van der Waals surface area contributed by atoms with Gasteiger partial charge in [-0.3, -0.25) is 9.69 Å². The van der Waals surface area contributed by atoms with Crippen LogP contribution in [-0.2, 0) is 4.79 Å². The van der Waals surface area contributed by atoms with E-state index in [1.165, 1.54) is 38.5 Å². The van der Waals surface area contributed by atoms with Crippen LogP contribution in [-0.4, -0.2) is 42.5 Å². The summed E-state index contributed by atoms with van der Waals surface area (Å²) in [5, 5.41) is 3.29. The lowest BCUT2D eigenvalue weighted by atomic mass is 9.84. The van der Waals surface area contributed by atoms with Gasteiger partial charge in [0.15, 0.2) is 0 Å². The fourth-order valence-corrected chi connectivity index (χ4v) is 5.41. The van der Waals surface area contributed by atoms with Crippen LogP contribution in [0, 0.1) is 23.7 Å². The fourth-order valence-electron chi connectivity index (χ4n) is 5.41. The molecule has 0 aromatic heterocycles. The number of piperidine rings is 1. The number of amides is 1. The van der Waals surface area contributed by atoms with Crippen molar-refractivity contribution in [3.63, 3.8) is 0 Å². The molecular weight excluding hydrogens is 310 g/mol. The van der Waals surface area contributed by atoms with E-state index in [0.29, 0.717) is 37.0 Å². The third kappa shape index (κ3) is 4.21. The molecule has 5 heteroatoms. The molecule has 0 aromatic rings. The standard InChI is InChI=1S/C18H33N3O.ClH/c1-12-4-3-7-21(17(12)10-19)11-18(22)20-13(2)16-9-14-5-6-15(16)8-14;/h12-17H,3-11,19H2,1-2H3,(H,20,22);1H. The van der Waals surface area contributed by atoms with E-state index in [1.807, 2.05) is 0 Å². The van der Waals surface area contributed by atoms with Crippen LogP contribution in [0.4, 0.5) is 0 Å². The average molecular weight is 344 g/mol. The van der Waals surface area contributed by atoms with Gasteiger partial charge in [-0.25, -0.2) is 0 Å². The molecule has 6 atom stereocenters. The molecule has 4 nitrogen and oxygen atoms in total. The number of rotatable bonds is 5. The van der Waals surface area contributed by atoms with Gasteiger partial charge in [0.05, 0.1) is 6.54 Å². The van der Waals surface area contributed by atoms with Gasteiger partial charge in [0.25, 0.3) is 0 Å². The van der Waals surface area contributed by atoms with Crippen molar-refractivity contribution in [1.29, 1.82) is 0 Å². The number of nitrogens with one attached hydrogen (secondary N) is 1. The van der Waals surface area contributed by atoms with Crippen molar-refractivity contribution < 1.29 is 4.79 Å². The van der Waals surface area contributed by atoms with Gasteiger partial charge >= 0.3 is 0 Å². The lowest BCUT2D eigenvalue weighted by Crippen LogP contribution is -2.53. The van der Waals surface area contributed by atoms with Crippen molar-refractivity contribution >= 4 is 18.3 Å². The number of carbonyl (C=O) groups is 1. The number of nitrogens with zero attached hydrogens (tertiary/aromatic N) is 1. The minimum Gasteiger partial charge on any atom is -0.352 e. The van der Waals surface area contributed by atoms with Crippen LogP contribution in [0.25, 0.3) is 0 Å². The van der Waals surface area contributed by atoms with E-state index < -0.39 is 0 Å². The SMILES string of the molecule is CC1CCCN(CC(=O)NC(C)C2CC3CCC2C3)C1CN.Cl. The zero-order valence-electron chi connectivity index (χ0n) is 14.7. The first-order chi connectivity index (χ1) is 10.6. The number of likely N-dealkylation sites (tertiary alicyclic amines) is 1. The Morgan fingerprint density at radius 1 is 1.30 bits per heavy atom. The summed E-state index contributed by atoms with van der Waals surface area (Å²) in [6.07, 6.45) is 7.97. The Labute approximate surface area is 147 Å². The van der Waals surface area contributed by atoms with Crippen molar-refractivity contribution in [3.05, 3.63) is 0 Å². The average Bonchev–Trinajstić information content (AvgIpc) is 3.10. The van der Waals surface area contributed by atoms with Gasteiger partial charge in [-0.15, -0.1) is 12.4 Å². The number of hydrogen-bond acceptors (Lipinski definition) is 3. The quantitative estimate of drug-likeness (QED) is 0.806. The summed E-state index contributed by atoms with van der Waals surface area (Å²) in [5.74, 6) is 3.33. The highest BCUT2D eigenvalue weighted by Crippen LogP contribution is 2.49. The number of nitrogens with two attached hydrogens (primary N) is 1. The van der Waals surface area contributed by atoms with Crippen LogP contribution in [0.2, 0.25) is 0 Å². The molecule has 1 aliphatic heterocycles. The normalized spacial score (nSPS) is 38.1. The molecule has 0 spiro atoms. The second-order valence-corrected chi connectivity index (χ2v) is 8.09. The largest absolute Gasteiger partial charge is 0.352 e. The highest BCUT2D eigenvalue weighted by molar-refractivity contribution is 5.85. The molecule has 1 heterocycles. The third-order valence-corrected chi connectivity index (χ3v) is 6.64. The second-order valence-electron chi connectivity index (χ2n) is 8.09. The number of hydrogen-bond donors (Lipinski definition) is 2. The fraction of sp³-hybridized carbons (Fsp3) is 0.944. The molecule has 2 bridgehead atoms. The van der Waals surface area contributed by atoms with Crippen LogP contribution in [0.3, 0.4) is 0 Å². The molecule has 3 rings (SSSR count). The van der Waals surface area contributed by atoms with Crippen molar-refractivity contribution in [2.24, 2.45) is 29.4 Å². The van der Waals surface area contributed by atoms with Crippen LogP contribution in [0.5, 0.6) is 0 Å². The maximum Gasteiger partial charge on any atom is 0.234 e. The molecule has 6 unspecified atom stereocenters. The summed E-state index contributed by atoms with van der Waals surface area (Å²) < 4.78 is 0. The zero-order valence-corrected chi connectivity index (χ0v) is 15.5. The molecule has 0 radical (unpaired) electrons. The molecule has 0 aromatic carbocycles. The van der Waals surface area contributed by atoms with Gasteiger partial charge in [-0.2, -0.15) is 0 Å². The van der Waals surface area contributed by atoms with Crippen molar-refractivity contribution in [2.75, 3.05) is 19.6 Å². The maximum atomic E-state index is 12.5. The number of fused-ring (bicyclic) bond motifs is 2. The minimum atomic E-state index is 0. The molecular formula is C18H34ClN3O. The molecule has 3 N–H and O–H groups in total. The maximum absolute atomic E-state index is 12.5. The monoisotopic (exact) mass is 343 g/mol. The van der Waals surface area contributed by atoms with Gasteiger partial charge in [-0.05, 0) is 69.2 Å². The Morgan fingerprint density at radius 2 is 2.09 bits per heavy atom. The Hall–Kier alpha value is -0.320. The first-order valence-corrected chi connectivity index (χ1v) is 9.32. The zero-order chi connectivity index (χ0) is 15.7. The first kappa shape index (κ1) is 19.0. The molecule has 23 heavy (non-hydrogen) atoms. The van der Waals surface area contributed by atoms with E-state index in [4.69, 9.17) is 5.73 Å². The number of halogens is 1. The predicted octanol–water partition coefficient (Wildman–Crippen LogP) is 2.41. The molecule has 1 amide bonds. The van der Waals surface area contributed by atoms with Crippen LogP contribution < -0.4 is 11.1 Å². The van der Waals surface area contributed by atoms with E-state index in [2.05, 4.69) is 24.1 Å². The molecule has 134 valence electrons. The van der Waals surface area contributed by atoms with Gasteiger partial charge < -0.3 is 11.1 Å². The third-order valence-electron chi connectivity index (χ3n) is 6.64. The first-order valence-electron chi connectivity index (χ1n) is 9.32. The van der Waals surface area contributed by atoms with Crippen LogP contribution >= 0.6 is 12.4 Å². The van der Waals surface area contributed by atoms with Crippen molar-refractivity contribution in [1.82, 2.24) is 10.2 Å². The van der Waals surface area contributed by atoms with Crippen LogP contribution in [0.1, 0.15) is 52.4 Å². The highest BCUT2D eigenvalue weighted by Gasteiger charge is 2.42. The van der Waals surface area contributed by atoms with Gasteiger partial charge in [0.2, 0.25) is 5.91 Å². The van der Waals surface area contributed by atoms with E-state index >= 15 is 0 Å². The topological polar surface area (TPSA) is 58.4 Å². The predicted molar refractivity (Wildman–Crippen MR) is 96.6 cm³/mol.